The number of unbranched alkanes of at least 4 members (excludes halogenated alkanes) is 1. The highest BCUT2D eigenvalue weighted by Gasteiger charge is 2.17. The Bertz CT molecular complexity index is 368. The molecule has 1 rings (SSSR count). The Morgan fingerprint density at radius 2 is 2.00 bits per heavy atom. The van der Waals surface area contributed by atoms with Crippen molar-refractivity contribution in [2.45, 2.75) is 38.8 Å². The second-order valence-corrected chi connectivity index (χ2v) is 4.89. The molecule has 0 spiro atoms. The van der Waals surface area contributed by atoms with E-state index in [1.165, 1.54) is 0 Å². The third-order valence-electron chi connectivity index (χ3n) is 3.07. The lowest BCUT2D eigenvalue weighted by molar-refractivity contribution is -0.00535. The molecule has 2 N–H and O–H groups in total. The minimum absolute atomic E-state index is 0.0854. The van der Waals surface area contributed by atoms with Crippen molar-refractivity contribution < 1.29 is 14.2 Å². The number of benzene rings is 1. The van der Waals surface area contributed by atoms with E-state index in [4.69, 9.17) is 19.9 Å². The van der Waals surface area contributed by atoms with E-state index < -0.39 is 0 Å². The molecule has 0 saturated heterocycles. The normalized spacial score (nSPS) is 14.0. The van der Waals surface area contributed by atoms with Crippen molar-refractivity contribution in [2.24, 2.45) is 5.73 Å². The zero-order chi connectivity index (χ0) is 14.8. The van der Waals surface area contributed by atoms with Crippen LogP contribution in [0.5, 0.6) is 5.75 Å². The van der Waals surface area contributed by atoms with E-state index in [9.17, 15) is 0 Å². The van der Waals surface area contributed by atoms with Crippen molar-refractivity contribution in [2.75, 3.05) is 26.9 Å². The molecule has 2 atom stereocenters. The molecule has 0 fully saturated rings. The van der Waals surface area contributed by atoms with E-state index >= 15 is 0 Å². The summed E-state index contributed by atoms with van der Waals surface area (Å²) in [6.45, 7) is 6.04. The summed E-state index contributed by atoms with van der Waals surface area (Å²) in [7, 11) is 1.66. The average Bonchev–Trinajstić information content (AvgIpc) is 2.46. The smallest absolute Gasteiger partial charge is 0.119 e. The summed E-state index contributed by atoms with van der Waals surface area (Å²) in [6, 6.07) is 7.75. The Balaban J connectivity index is 2.47. The summed E-state index contributed by atoms with van der Waals surface area (Å²) in [4.78, 5) is 0. The summed E-state index contributed by atoms with van der Waals surface area (Å²) in [5.74, 6) is 0.816. The third-order valence-corrected chi connectivity index (χ3v) is 3.07. The van der Waals surface area contributed by atoms with Crippen LogP contribution in [0.3, 0.4) is 0 Å². The van der Waals surface area contributed by atoms with E-state index in [1.807, 2.05) is 31.2 Å². The fourth-order valence-corrected chi connectivity index (χ4v) is 1.95. The molecule has 1 aromatic rings. The molecule has 4 nitrogen and oxygen atoms in total. The van der Waals surface area contributed by atoms with Gasteiger partial charge in [-0.2, -0.15) is 0 Å². The van der Waals surface area contributed by atoms with E-state index in [2.05, 4.69) is 6.92 Å². The van der Waals surface area contributed by atoms with Gasteiger partial charge >= 0.3 is 0 Å². The standard InChI is InChI=1S/C16H27NO3/c1-4-5-9-19-10-11-20-16(13(2)17)14-7-6-8-15(12-14)18-3/h6-8,12-13,16H,4-5,9-11,17H2,1-3H3. The van der Waals surface area contributed by atoms with Crippen LogP contribution in [0.25, 0.3) is 0 Å². The predicted molar refractivity (Wildman–Crippen MR) is 81.1 cm³/mol. The first-order valence-corrected chi connectivity index (χ1v) is 7.28. The van der Waals surface area contributed by atoms with Gasteiger partial charge in [-0.15, -0.1) is 0 Å². The first-order valence-electron chi connectivity index (χ1n) is 7.28. The number of rotatable bonds is 10. The molecule has 4 heteroatoms. The molecule has 2 unspecified atom stereocenters. The van der Waals surface area contributed by atoms with Crippen LogP contribution >= 0.6 is 0 Å². The van der Waals surface area contributed by atoms with Gasteiger partial charge in [0.1, 0.15) is 5.75 Å². The minimum atomic E-state index is -0.139. The summed E-state index contributed by atoms with van der Waals surface area (Å²) in [6.07, 6.45) is 2.10. The fourth-order valence-electron chi connectivity index (χ4n) is 1.95. The van der Waals surface area contributed by atoms with E-state index in [1.54, 1.807) is 7.11 Å². The van der Waals surface area contributed by atoms with Gasteiger partial charge in [0, 0.05) is 12.6 Å². The van der Waals surface area contributed by atoms with Crippen LogP contribution in [0.2, 0.25) is 0 Å². The Kier molecular flexibility index (Phi) is 8.26. The molecule has 0 aromatic heterocycles. The van der Waals surface area contributed by atoms with Gasteiger partial charge in [0.2, 0.25) is 0 Å². The zero-order valence-electron chi connectivity index (χ0n) is 12.8. The molecular formula is C16H27NO3. The molecule has 0 aliphatic rings. The van der Waals surface area contributed by atoms with Gasteiger partial charge in [0.05, 0.1) is 26.4 Å². The SMILES string of the molecule is CCCCOCCOC(c1cccc(OC)c1)C(C)N. The van der Waals surface area contributed by atoms with E-state index in [0.717, 1.165) is 30.8 Å². The lowest BCUT2D eigenvalue weighted by Crippen LogP contribution is -2.28. The minimum Gasteiger partial charge on any atom is -0.497 e. The van der Waals surface area contributed by atoms with Gasteiger partial charge in [-0.3, -0.25) is 0 Å². The Morgan fingerprint density at radius 3 is 2.65 bits per heavy atom. The first-order chi connectivity index (χ1) is 9.69. The highest BCUT2D eigenvalue weighted by Crippen LogP contribution is 2.24. The monoisotopic (exact) mass is 281 g/mol. The average molecular weight is 281 g/mol. The van der Waals surface area contributed by atoms with Crippen LogP contribution in [0.4, 0.5) is 0 Å². The summed E-state index contributed by atoms with van der Waals surface area (Å²) < 4.78 is 16.6. The molecule has 0 bridgehead atoms. The van der Waals surface area contributed by atoms with Crippen molar-refractivity contribution in [3.05, 3.63) is 29.8 Å². The van der Waals surface area contributed by atoms with Gasteiger partial charge in [-0.1, -0.05) is 25.5 Å². The number of methoxy groups -OCH3 is 1. The Hall–Kier alpha value is -1.10. The molecule has 0 amide bonds. The quantitative estimate of drug-likeness (QED) is 0.670. The van der Waals surface area contributed by atoms with Crippen LogP contribution in [-0.4, -0.2) is 33.0 Å². The largest absolute Gasteiger partial charge is 0.497 e. The topological polar surface area (TPSA) is 53.7 Å². The van der Waals surface area contributed by atoms with Gasteiger partial charge in [0.15, 0.2) is 0 Å². The van der Waals surface area contributed by atoms with Crippen molar-refractivity contribution in [3.63, 3.8) is 0 Å². The molecule has 114 valence electrons. The molecular weight excluding hydrogens is 254 g/mol. The molecule has 1 aromatic carbocycles. The van der Waals surface area contributed by atoms with Crippen LogP contribution in [0, 0.1) is 0 Å². The number of nitrogens with two attached hydrogens (primary N) is 1. The zero-order valence-corrected chi connectivity index (χ0v) is 12.8. The number of hydrogen-bond donors (Lipinski definition) is 1. The van der Waals surface area contributed by atoms with Gasteiger partial charge < -0.3 is 19.9 Å². The highest BCUT2D eigenvalue weighted by atomic mass is 16.5. The predicted octanol–water partition coefficient (Wildman–Crippen LogP) is 2.92. The number of ether oxygens (including phenoxy) is 3. The molecule has 0 aliphatic carbocycles. The Morgan fingerprint density at radius 1 is 1.20 bits per heavy atom. The van der Waals surface area contributed by atoms with Gasteiger partial charge in [-0.25, -0.2) is 0 Å². The number of hydrogen-bond acceptors (Lipinski definition) is 4. The summed E-state index contributed by atoms with van der Waals surface area (Å²) in [5.41, 5.74) is 7.05. The van der Waals surface area contributed by atoms with Crippen LogP contribution < -0.4 is 10.5 Å². The van der Waals surface area contributed by atoms with Crippen LogP contribution in [0.15, 0.2) is 24.3 Å². The first kappa shape index (κ1) is 17.0. The molecule has 0 aliphatic heterocycles. The van der Waals surface area contributed by atoms with Gasteiger partial charge in [-0.05, 0) is 31.0 Å². The maximum Gasteiger partial charge on any atom is 0.119 e. The maximum absolute atomic E-state index is 6.02. The molecule has 0 radical (unpaired) electrons. The second-order valence-electron chi connectivity index (χ2n) is 4.89. The fraction of sp³-hybridized carbons (Fsp3) is 0.625. The third kappa shape index (κ3) is 5.90. The van der Waals surface area contributed by atoms with E-state index in [0.29, 0.717) is 13.2 Å². The van der Waals surface area contributed by atoms with Crippen molar-refractivity contribution in [3.8, 4) is 5.75 Å². The summed E-state index contributed by atoms with van der Waals surface area (Å²) in [5, 5.41) is 0. The van der Waals surface area contributed by atoms with Crippen molar-refractivity contribution in [1.82, 2.24) is 0 Å². The van der Waals surface area contributed by atoms with Gasteiger partial charge in [0.25, 0.3) is 0 Å². The maximum atomic E-state index is 6.02. The van der Waals surface area contributed by atoms with Crippen molar-refractivity contribution in [1.29, 1.82) is 0 Å². The lowest BCUT2D eigenvalue weighted by Gasteiger charge is -2.22. The van der Waals surface area contributed by atoms with Crippen molar-refractivity contribution >= 4 is 0 Å². The molecule has 0 heterocycles. The lowest BCUT2D eigenvalue weighted by atomic mass is 10.0. The van der Waals surface area contributed by atoms with Crippen LogP contribution in [-0.2, 0) is 9.47 Å². The van der Waals surface area contributed by atoms with Crippen LogP contribution in [0.1, 0.15) is 38.4 Å². The summed E-state index contributed by atoms with van der Waals surface area (Å²) >= 11 is 0. The second kappa shape index (κ2) is 9.75. The molecule has 0 saturated carbocycles. The Labute approximate surface area is 122 Å². The molecule has 20 heavy (non-hydrogen) atoms. The van der Waals surface area contributed by atoms with E-state index in [-0.39, 0.29) is 12.1 Å². The highest BCUT2D eigenvalue weighted by molar-refractivity contribution is 5.30.